The second-order valence-electron chi connectivity index (χ2n) is 6.82. The zero-order valence-electron chi connectivity index (χ0n) is 16.2. The molecule has 0 aliphatic rings. The molecule has 7 heteroatoms. The maximum absolute atomic E-state index is 12.6. The highest BCUT2D eigenvalue weighted by Gasteiger charge is 2.12. The molecule has 0 saturated carbocycles. The van der Waals surface area contributed by atoms with Crippen LogP contribution in [0.5, 0.6) is 5.75 Å². The van der Waals surface area contributed by atoms with Gasteiger partial charge in [-0.2, -0.15) is 0 Å². The van der Waals surface area contributed by atoms with Crippen molar-refractivity contribution in [1.82, 2.24) is 19.9 Å². The molecule has 2 aromatic carbocycles. The van der Waals surface area contributed by atoms with E-state index in [2.05, 4.69) is 37.3 Å². The first-order valence-electron chi connectivity index (χ1n) is 9.28. The molecule has 0 radical (unpaired) electrons. The van der Waals surface area contributed by atoms with Gasteiger partial charge in [0.15, 0.2) is 0 Å². The Kier molecular flexibility index (Phi) is 5.40. The lowest BCUT2D eigenvalue weighted by Crippen LogP contribution is -2.25. The van der Waals surface area contributed by atoms with E-state index in [0.717, 1.165) is 33.2 Å². The number of aromatic nitrogens is 3. The van der Waals surface area contributed by atoms with Crippen LogP contribution < -0.4 is 10.1 Å². The Hall–Kier alpha value is -3.06. The topological polar surface area (TPSA) is 71.9 Å². The number of imidazole rings is 1. The molecule has 2 N–H and O–H groups in total. The number of hydrogen-bond donors (Lipinski definition) is 2. The Morgan fingerprint density at radius 3 is 2.90 bits per heavy atom. The number of rotatable bonds is 6. The Bertz CT molecular complexity index is 1180. The quantitative estimate of drug-likeness (QED) is 0.455. The minimum atomic E-state index is -0.127. The van der Waals surface area contributed by atoms with Crippen molar-refractivity contribution in [2.75, 3.05) is 13.7 Å². The van der Waals surface area contributed by atoms with E-state index in [1.807, 2.05) is 42.1 Å². The SMILES string of the molecule is COc1cc(C(=O)NCCc2c[nH]c3ccc(Br)cc23)ccc1-n1cnc(C)c1. The minimum Gasteiger partial charge on any atom is -0.495 e. The minimum absolute atomic E-state index is 0.127. The summed E-state index contributed by atoms with van der Waals surface area (Å²) in [6.45, 7) is 2.47. The molecule has 2 heterocycles. The predicted octanol–water partition coefficient (Wildman–Crippen LogP) is 4.41. The number of nitrogens with one attached hydrogen (secondary N) is 2. The number of carbonyl (C=O) groups excluding carboxylic acids is 1. The standard InChI is InChI=1S/C22H21BrN4O2/c1-14-12-27(13-26-14)20-6-3-15(9-21(20)29-2)22(28)24-8-7-16-11-25-19-5-4-17(23)10-18(16)19/h3-6,9-13,25H,7-8H2,1-2H3,(H,24,28). The summed E-state index contributed by atoms with van der Waals surface area (Å²) in [6.07, 6.45) is 6.38. The Balaban J connectivity index is 1.45. The summed E-state index contributed by atoms with van der Waals surface area (Å²) >= 11 is 3.51. The van der Waals surface area contributed by atoms with Gasteiger partial charge in [-0.15, -0.1) is 0 Å². The summed E-state index contributed by atoms with van der Waals surface area (Å²) < 4.78 is 8.40. The van der Waals surface area contributed by atoms with Crippen molar-refractivity contribution < 1.29 is 9.53 Å². The van der Waals surface area contributed by atoms with E-state index in [0.29, 0.717) is 17.9 Å². The number of nitrogens with zero attached hydrogens (tertiary/aromatic N) is 2. The van der Waals surface area contributed by atoms with Crippen LogP contribution in [0.4, 0.5) is 0 Å². The number of benzene rings is 2. The predicted molar refractivity (Wildman–Crippen MR) is 117 cm³/mol. The molecule has 0 aliphatic heterocycles. The molecule has 0 fully saturated rings. The summed E-state index contributed by atoms with van der Waals surface area (Å²) in [7, 11) is 1.60. The highest BCUT2D eigenvalue weighted by molar-refractivity contribution is 9.10. The molecular formula is C22H21BrN4O2. The summed E-state index contributed by atoms with van der Waals surface area (Å²) in [5.41, 5.74) is 4.57. The zero-order valence-corrected chi connectivity index (χ0v) is 17.8. The van der Waals surface area contributed by atoms with Crippen LogP contribution in [0.15, 0.2) is 59.6 Å². The first kappa shape index (κ1) is 19.3. The summed E-state index contributed by atoms with van der Waals surface area (Å²) in [5, 5.41) is 4.15. The van der Waals surface area contributed by atoms with Gasteiger partial charge in [-0.1, -0.05) is 15.9 Å². The van der Waals surface area contributed by atoms with Crippen LogP contribution in [0.25, 0.3) is 16.6 Å². The van der Waals surface area contributed by atoms with E-state index >= 15 is 0 Å². The van der Waals surface area contributed by atoms with Gasteiger partial charge < -0.3 is 19.6 Å². The normalized spacial score (nSPS) is 11.0. The maximum Gasteiger partial charge on any atom is 0.251 e. The number of aryl methyl sites for hydroxylation is 1. The maximum atomic E-state index is 12.6. The molecule has 0 saturated heterocycles. The van der Waals surface area contributed by atoms with Crippen LogP contribution in [0.3, 0.4) is 0 Å². The van der Waals surface area contributed by atoms with Crippen molar-refractivity contribution in [3.63, 3.8) is 0 Å². The van der Waals surface area contributed by atoms with Gasteiger partial charge >= 0.3 is 0 Å². The molecule has 4 aromatic rings. The van der Waals surface area contributed by atoms with E-state index in [1.54, 1.807) is 25.6 Å². The molecule has 0 atom stereocenters. The third kappa shape index (κ3) is 4.05. The first-order valence-corrected chi connectivity index (χ1v) is 10.1. The highest BCUT2D eigenvalue weighted by Crippen LogP contribution is 2.25. The third-order valence-electron chi connectivity index (χ3n) is 4.84. The fourth-order valence-electron chi connectivity index (χ4n) is 3.36. The summed E-state index contributed by atoms with van der Waals surface area (Å²) in [4.78, 5) is 20.1. The van der Waals surface area contributed by atoms with Crippen molar-refractivity contribution in [1.29, 1.82) is 0 Å². The number of amides is 1. The number of carbonyl (C=O) groups is 1. The largest absolute Gasteiger partial charge is 0.495 e. The number of aromatic amines is 1. The third-order valence-corrected chi connectivity index (χ3v) is 5.33. The zero-order chi connectivity index (χ0) is 20.4. The molecule has 0 aliphatic carbocycles. The molecule has 6 nitrogen and oxygen atoms in total. The van der Waals surface area contributed by atoms with Crippen molar-refractivity contribution in [2.24, 2.45) is 0 Å². The number of H-pyrrole nitrogens is 1. The van der Waals surface area contributed by atoms with E-state index in [1.165, 1.54) is 5.56 Å². The van der Waals surface area contributed by atoms with Gasteiger partial charge in [-0.25, -0.2) is 4.98 Å². The van der Waals surface area contributed by atoms with Gasteiger partial charge in [0.25, 0.3) is 5.91 Å². The lowest BCUT2D eigenvalue weighted by Gasteiger charge is -2.11. The highest BCUT2D eigenvalue weighted by atomic mass is 79.9. The van der Waals surface area contributed by atoms with Gasteiger partial charge in [-0.05, 0) is 55.3 Å². The number of ether oxygens (including phenoxy) is 1. The summed E-state index contributed by atoms with van der Waals surface area (Å²) in [5.74, 6) is 0.495. The molecule has 29 heavy (non-hydrogen) atoms. The smallest absolute Gasteiger partial charge is 0.251 e. The Morgan fingerprint density at radius 1 is 1.28 bits per heavy atom. The summed E-state index contributed by atoms with van der Waals surface area (Å²) in [6, 6.07) is 11.5. The molecule has 1 amide bonds. The number of halogens is 1. The van der Waals surface area contributed by atoms with Crippen LogP contribution in [0.2, 0.25) is 0 Å². The fraction of sp³-hybridized carbons (Fsp3) is 0.182. The molecule has 0 spiro atoms. The molecular weight excluding hydrogens is 432 g/mol. The first-order chi connectivity index (χ1) is 14.0. The monoisotopic (exact) mass is 452 g/mol. The van der Waals surface area contributed by atoms with Crippen LogP contribution in [-0.4, -0.2) is 34.1 Å². The lowest BCUT2D eigenvalue weighted by atomic mass is 10.1. The number of methoxy groups -OCH3 is 1. The van der Waals surface area contributed by atoms with Crippen molar-refractivity contribution >= 4 is 32.7 Å². The Morgan fingerprint density at radius 2 is 2.14 bits per heavy atom. The van der Waals surface area contributed by atoms with Crippen LogP contribution >= 0.6 is 15.9 Å². The van der Waals surface area contributed by atoms with Crippen LogP contribution in [0.1, 0.15) is 21.6 Å². The van der Waals surface area contributed by atoms with E-state index in [4.69, 9.17) is 4.74 Å². The van der Waals surface area contributed by atoms with E-state index < -0.39 is 0 Å². The lowest BCUT2D eigenvalue weighted by molar-refractivity contribution is 0.0954. The number of fused-ring (bicyclic) bond motifs is 1. The van der Waals surface area contributed by atoms with Crippen molar-refractivity contribution in [3.8, 4) is 11.4 Å². The fourth-order valence-corrected chi connectivity index (χ4v) is 3.72. The van der Waals surface area contributed by atoms with Gasteiger partial charge in [0.1, 0.15) is 5.75 Å². The van der Waals surface area contributed by atoms with Gasteiger partial charge in [0.05, 0.1) is 24.8 Å². The molecule has 148 valence electrons. The van der Waals surface area contributed by atoms with Gasteiger partial charge in [0.2, 0.25) is 0 Å². The second kappa shape index (κ2) is 8.13. The van der Waals surface area contributed by atoms with Gasteiger partial charge in [0, 0.05) is 39.9 Å². The molecule has 0 bridgehead atoms. The average molecular weight is 453 g/mol. The average Bonchev–Trinajstić information content (AvgIpc) is 3.33. The molecule has 2 aromatic heterocycles. The van der Waals surface area contributed by atoms with E-state index in [-0.39, 0.29) is 5.91 Å². The molecule has 4 rings (SSSR count). The molecule has 0 unspecified atom stereocenters. The Labute approximate surface area is 177 Å². The van der Waals surface area contributed by atoms with Crippen LogP contribution in [0, 0.1) is 6.92 Å². The van der Waals surface area contributed by atoms with Crippen LogP contribution in [-0.2, 0) is 6.42 Å². The van der Waals surface area contributed by atoms with Gasteiger partial charge in [-0.3, -0.25) is 4.79 Å². The number of hydrogen-bond acceptors (Lipinski definition) is 3. The van der Waals surface area contributed by atoms with Crippen molar-refractivity contribution in [2.45, 2.75) is 13.3 Å². The second-order valence-corrected chi connectivity index (χ2v) is 7.73. The van der Waals surface area contributed by atoms with E-state index in [9.17, 15) is 4.79 Å². The van der Waals surface area contributed by atoms with Crippen molar-refractivity contribution in [3.05, 3.63) is 76.4 Å².